The Kier molecular flexibility index (Phi) is 4.80. The average molecular weight is 399 g/mol. The lowest BCUT2D eigenvalue weighted by atomic mass is 10.2. The fourth-order valence-electron chi connectivity index (χ4n) is 3.73. The predicted molar refractivity (Wildman–Crippen MR) is 113 cm³/mol. The minimum absolute atomic E-state index is 0.00752. The van der Waals surface area contributed by atoms with E-state index in [0.717, 1.165) is 35.6 Å². The highest BCUT2D eigenvalue weighted by Gasteiger charge is 2.23. The van der Waals surface area contributed by atoms with E-state index in [-0.39, 0.29) is 5.91 Å². The zero-order chi connectivity index (χ0) is 20.3. The summed E-state index contributed by atoms with van der Waals surface area (Å²) in [4.78, 5) is 34.6. The van der Waals surface area contributed by atoms with Crippen LogP contribution in [0.1, 0.15) is 15.9 Å². The number of hydrogen-bond acceptors (Lipinski definition) is 6. The molecule has 1 amide bonds. The summed E-state index contributed by atoms with van der Waals surface area (Å²) in [5, 5.41) is 0. The molecule has 0 atom stereocenters. The Bertz CT molecular complexity index is 1150. The molecule has 150 valence electrons. The summed E-state index contributed by atoms with van der Waals surface area (Å²) in [6.07, 6.45) is 8.78. The summed E-state index contributed by atoms with van der Waals surface area (Å²) in [6, 6.07) is 11.6. The smallest absolute Gasteiger partial charge is 0.255 e. The number of imidazole rings is 1. The molecule has 0 aromatic carbocycles. The van der Waals surface area contributed by atoms with E-state index < -0.39 is 0 Å². The zero-order valence-electron chi connectivity index (χ0n) is 16.4. The standard InChI is InChI=1S/C22H21N7O/c30-22(28-10-8-27(9-11-28)20-5-1-2-7-24-20)18-12-19-21(25-14-18)29(16-26-19)15-17-4-3-6-23-13-17/h1-7,12-14,16H,8-11,15H2. The fourth-order valence-corrected chi connectivity index (χ4v) is 3.73. The third kappa shape index (κ3) is 3.59. The van der Waals surface area contributed by atoms with Crippen LogP contribution < -0.4 is 4.90 Å². The first kappa shape index (κ1) is 18.2. The average Bonchev–Trinajstić information content (AvgIpc) is 3.22. The fraction of sp³-hybridized carbons (Fsp3) is 0.227. The molecule has 0 N–H and O–H groups in total. The molecule has 4 aromatic rings. The van der Waals surface area contributed by atoms with E-state index >= 15 is 0 Å². The van der Waals surface area contributed by atoms with E-state index in [4.69, 9.17) is 0 Å². The van der Waals surface area contributed by atoms with Crippen LogP contribution in [0.15, 0.2) is 67.5 Å². The second-order valence-corrected chi connectivity index (χ2v) is 7.27. The van der Waals surface area contributed by atoms with Gasteiger partial charge in [0, 0.05) is 51.0 Å². The molecule has 4 aromatic heterocycles. The maximum atomic E-state index is 13.0. The Labute approximate surface area is 173 Å². The quantitative estimate of drug-likeness (QED) is 0.524. The molecule has 1 saturated heterocycles. The molecule has 0 unspecified atom stereocenters. The molecule has 0 aliphatic carbocycles. The van der Waals surface area contributed by atoms with Gasteiger partial charge in [-0.3, -0.25) is 9.78 Å². The third-order valence-electron chi connectivity index (χ3n) is 5.32. The lowest BCUT2D eigenvalue weighted by Gasteiger charge is -2.35. The van der Waals surface area contributed by atoms with Crippen LogP contribution in [-0.2, 0) is 6.54 Å². The van der Waals surface area contributed by atoms with Crippen molar-refractivity contribution in [3.63, 3.8) is 0 Å². The van der Waals surface area contributed by atoms with Crippen LogP contribution in [0.25, 0.3) is 11.2 Å². The zero-order valence-corrected chi connectivity index (χ0v) is 16.4. The first-order valence-electron chi connectivity index (χ1n) is 9.93. The van der Waals surface area contributed by atoms with Gasteiger partial charge in [0.15, 0.2) is 5.65 Å². The number of rotatable bonds is 4. The van der Waals surface area contributed by atoms with Crippen molar-refractivity contribution in [2.45, 2.75) is 6.54 Å². The van der Waals surface area contributed by atoms with Gasteiger partial charge in [0.1, 0.15) is 11.3 Å². The summed E-state index contributed by atoms with van der Waals surface area (Å²) >= 11 is 0. The molecule has 5 rings (SSSR count). The van der Waals surface area contributed by atoms with Crippen LogP contribution in [0.3, 0.4) is 0 Å². The lowest BCUT2D eigenvalue weighted by molar-refractivity contribution is 0.0746. The van der Waals surface area contributed by atoms with Gasteiger partial charge in [-0.1, -0.05) is 12.1 Å². The van der Waals surface area contributed by atoms with Gasteiger partial charge in [0.25, 0.3) is 5.91 Å². The van der Waals surface area contributed by atoms with Crippen LogP contribution in [0, 0.1) is 0 Å². The number of nitrogens with zero attached hydrogens (tertiary/aromatic N) is 7. The van der Waals surface area contributed by atoms with Gasteiger partial charge in [-0.25, -0.2) is 15.0 Å². The van der Waals surface area contributed by atoms with Crippen LogP contribution >= 0.6 is 0 Å². The van der Waals surface area contributed by atoms with Crippen molar-refractivity contribution in [2.75, 3.05) is 31.1 Å². The number of pyridine rings is 3. The Morgan fingerprint density at radius 2 is 1.83 bits per heavy atom. The van der Waals surface area contributed by atoms with Crippen molar-refractivity contribution in [1.82, 2.24) is 29.4 Å². The molecule has 8 heteroatoms. The molecule has 8 nitrogen and oxygen atoms in total. The largest absolute Gasteiger partial charge is 0.353 e. The molecule has 30 heavy (non-hydrogen) atoms. The van der Waals surface area contributed by atoms with Crippen molar-refractivity contribution >= 4 is 22.9 Å². The molecule has 1 aliphatic heterocycles. The van der Waals surface area contributed by atoms with Crippen molar-refractivity contribution in [3.05, 3.63) is 78.6 Å². The van der Waals surface area contributed by atoms with Crippen LogP contribution in [0.4, 0.5) is 5.82 Å². The Balaban J connectivity index is 1.29. The van der Waals surface area contributed by atoms with Gasteiger partial charge in [0.05, 0.1) is 18.4 Å². The number of carbonyl (C=O) groups is 1. The Morgan fingerprint density at radius 3 is 2.60 bits per heavy atom. The number of piperazine rings is 1. The highest BCUT2D eigenvalue weighted by atomic mass is 16.2. The van der Waals surface area contributed by atoms with E-state index in [2.05, 4.69) is 24.8 Å². The molecule has 0 spiro atoms. The van der Waals surface area contributed by atoms with Crippen LogP contribution in [-0.4, -0.2) is 61.5 Å². The summed E-state index contributed by atoms with van der Waals surface area (Å²) in [6.45, 7) is 3.47. The van der Waals surface area contributed by atoms with E-state index in [1.165, 1.54) is 0 Å². The summed E-state index contributed by atoms with van der Waals surface area (Å²) < 4.78 is 1.96. The number of hydrogen-bond donors (Lipinski definition) is 0. The lowest BCUT2D eigenvalue weighted by Crippen LogP contribution is -2.49. The first-order chi connectivity index (χ1) is 14.8. The minimum Gasteiger partial charge on any atom is -0.353 e. The third-order valence-corrected chi connectivity index (χ3v) is 5.32. The van der Waals surface area contributed by atoms with Crippen LogP contribution in [0.2, 0.25) is 0 Å². The van der Waals surface area contributed by atoms with Gasteiger partial charge >= 0.3 is 0 Å². The van der Waals surface area contributed by atoms with Gasteiger partial charge < -0.3 is 14.4 Å². The Hall–Kier alpha value is -3.81. The summed E-state index contributed by atoms with van der Waals surface area (Å²) in [7, 11) is 0. The predicted octanol–water partition coefficient (Wildman–Crippen LogP) is 2.23. The highest BCUT2D eigenvalue weighted by Crippen LogP contribution is 2.17. The molecule has 0 radical (unpaired) electrons. The minimum atomic E-state index is -0.00752. The number of fused-ring (bicyclic) bond motifs is 1. The molecule has 1 fully saturated rings. The van der Waals surface area contributed by atoms with Gasteiger partial charge in [-0.15, -0.1) is 0 Å². The van der Waals surface area contributed by atoms with E-state index in [1.54, 1.807) is 24.9 Å². The topological polar surface area (TPSA) is 80.0 Å². The normalized spacial score (nSPS) is 14.3. The molecule has 0 bridgehead atoms. The summed E-state index contributed by atoms with van der Waals surface area (Å²) in [5.74, 6) is 0.943. The van der Waals surface area contributed by atoms with E-state index in [9.17, 15) is 4.79 Å². The molecule has 1 aliphatic rings. The number of carbonyl (C=O) groups excluding carboxylic acids is 1. The van der Waals surface area contributed by atoms with Crippen molar-refractivity contribution in [2.24, 2.45) is 0 Å². The monoisotopic (exact) mass is 399 g/mol. The maximum absolute atomic E-state index is 13.0. The second kappa shape index (κ2) is 7.90. The number of aromatic nitrogens is 5. The van der Waals surface area contributed by atoms with Crippen LogP contribution in [0.5, 0.6) is 0 Å². The SMILES string of the molecule is O=C(c1cnc2c(c1)ncn2Cc1cccnc1)N1CCN(c2ccccn2)CC1. The van der Waals surface area contributed by atoms with Gasteiger partial charge in [0.2, 0.25) is 0 Å². The van der Waals surface area contributed by atoms with E-state index in [0.29, 0.717) is 25.2 Å². The molecule has 5 heterocycles. The van der Waals surface area contributed by atoms with Crippen molar-refractivity contribution in [1.29, 1.82) is 0 Å². The molecular weight excluding hydrogens is 378 g/mol. The molecule has 0 saturated carbocycles. The van der Waals surface area contributed by atoms with Crippen molar-refractivity contribution in [3.8, 4) is 0 Å². The highest BCUT2D eigenvalue weighted by molar-refractivity contribution is 5.96. The Morgan fingerprint density at radius 1 is 0.933 bits per heavy atom. The van der Waals surface area contributed by atoms with Crippen molar-refractivity contribution < 1.29 is 4.79 Å². The maximum Gasteiger partial charge on any atom is 0.255 e. The summed E-state index contributed by atoms with van der Waals surface area (Å²) in [5.41, 5.74) is 3.12. The van der Waals surface area contributed by atoms with Gasteiger partial charge in [-0.05, 0) is 29.8 Å². The molecular formula is C22H21N7O. The number of anilines is 1. The second-order valence-electron chi connectivity index (χ2n) is 7.27. The van der Waals surface area contributed by atoms with Gasteiger partial charge in [-0.2, -0.15) is 0 Å². The first-order valence-corrected chi connectivity index (χ1v) is 9.93. The number of amides is 1. The van der Waals surface area contributed by atoms with E-state index in [1.807, 2.05) is 52.1 Å².